The molecule has 2 amide bonds. The van der Waals surface area contributed by atoms with E-state index in [0.717, 1.165) is 42.7 Å². The second kappa shape index (κ2) is 11.3. The van der Waals surface area contributed by atoms with Gasteiger partial charge < -0.3 is 15.0 Å². The molecular weight excluding hydrogens is 444 g/mol. The predicted octanol–water partition coefficient (Wildman–Crippen LogP) is 4.10. The van der Waals surface area contributed by atoms with Gasteiger partial charge in [-0.25, -0.2) is 10.5 Å². The summed E-state index contributed by atoms with van der Waals surface area (Å²) in [7, 11) is 0. The second-order valence-electron chi connectivity index (χ2n) is 8.33. The number of nitrogens with zero attached hydrogens (tertiary/aromatic N) is 2. The van der Waals surface area contributed by atoms with Gasteiger partial charge in [-0.15, -0.1) is 0 Å². The number of ether oxygens (including phenoxy) is 1. The summed E-state index contributed by atoms with van der Waals surface area (Å²) in [5.41, 5.74) is 4.84. The summed E-state index contributed by atoms with van der Waals surface area (Å²) < 4.78 is 5.96. The highest BCUT2D eigenvalue weighted by Crippen LogP contribution is 2.27. The minimum Gasteiger partial charge on any atom is -0.438 e. The molecule has 1 aromatic heterocycles. The third-order valence-electron chi connectivity index (χ3n) is 5.95. The van der Waals surface area contributed by atoms with Crippen molar-refractivity contribution in [3.8, 4) is 11.6 Å². The van der Waals surface area contributed by atoms with Crippen LogP contribution < -0.4 is 20.4 Å². The van der Waals surface area contributed by atoms with Crippen LogP contribution in [-0.2, 0) is 4.79 Å². The molecule has 1 fully saturated rings. The van der Waals surface area contributed by atoms with Gasteiger partial charge in [-0.05, 0) is 61.2 Å². The van der Waals surface area contributed by atoms with E-state index in [2.05, 4.69) is 15.2 Å². The number of aromatic nitrogens is 1. The first kappa shape index (κ1) is 24.0. The predicted molar refractivity (Wildman–Crippen MR) is 134 cm³/mol. The van der Waals surface area contributed by atoms with Gasteiger partial charge in [0.2, 0.25) is 5.88 Å². The van der Waals surface area contributed by atoms with E-state index in [4.69, 9.17) is 9.94 Å². The lowest BCUT2D eigenvalue weighted by Gasteiger charge is -2.34. The van der Waals surface area contributed by atoms with Crippen LogP contribution >= 0.6 is 0 Å². The van der Waals surface area contributed by atoms with E-state index in [1.54, 1.807) is 29.9 Å². The molecular formula is C27H28N4O4. The van der Waals surface area contributed by atoms with Crippen molar-refractivity contribution in [1.82, 2.24) is 15.8 Å². The summed E-state index contributed by atoms with van der Waals surface area (Å²) in [6.45, 7) is 3.45. The lowest BCUT2D eigenvalue weighted by Crippen LogP contribution is -2.45. The molecule has 0 atom stereocenters. The molecule has 8 heteroatoms. The van der Waals surface area contributed by atoms with Crippen LogP contribution in [0.25, 0.3) is 6.08 Å². The van der Waals surface area contributed by atoms with Gasteiger partial charge in [0.1, 0.15) is 11.3 Å². The topological polar surface area (TPSA) is 104 Å². The number of aryl methyl sites for hydroxylation is 1. The number of nitrogens with one attached hydrogen (secondary N) is 2. The van der Waals surface area contributed by atoms with Crippen LogP contribution in [0.4, 0.5) is 5.69 Å². The third kappa shape index (κ3) is 6.04. The standard InChI is InChI=1S/C27H28N4O4/c1-19-7-2-5-11-24(19)35-27-22(9-6-16-28-27)26(33)29-21-14-17-31(18-15-21)23-10-4-3-8-20(23)12-13-25(32)30-34/h2-13,16,21,34H,14-15,17-18H2,1H3,(H,29,33)(H,30,32)/b13-12+. The summed E-state index contributed by atoms with van der Waals surface area (Å²) in [5.74, 6) is 0.156. The van der Waals surface area contributed by atoms with Gasteiger partial charge in [0.15, 0.2) is 0 Å². The monoisotopic (exact) mass is 472 g/mol. The number of anilines is 1. The lowest BCUT2D eigenvalue weighted by atomic mass is 10.0. The molecule has 0 unspecified atom stereocenters. The van der Waals surface area contributed by atoms with E-state index in [1.807, 2.05) is 55.5 Å². The van der Waals surface area contributed by atoms with Crippen LogP contribution in [0.5, 0.6) is 11.6 Å². The van der Waals surface area contributed by atoms with Gasteiger partial charge in [-0.2, -0.15) is 0 Å². The summed E-state index contributed by atoms with van der Waals surface area (Å²) in [6.07, 6.45) is 6.12. The van der Waals surface area contributed by atoms with Crippen LogP contribution in [0, 0.1) is 6.92 Å². The van der Waals surface area contributed by atoms with Crippen molar-refractivity contribution < 1.29 is 19.5 Å². The Morgan fingerprint density at radius 2 is 1.80 bits per heavy atom. The van der Waals surface area contributed by atoms with Crippen LogP contribution in [-0.4, -0.2) is 41.1 Å². The Balaban J connectivity index is 1.39. The van der Waals surface area contributed by atoms with Gasteiger partial charge in [0.05, 0.1) is 0 Å². The molecule has 0 aliphatic carbocycles. The van der Waals surface area contributed by atoms with Gasteiger partial charge >= 0.3 is 0 Å². The molecule has 0 saturated carbocycles. The Morgan fingerprint density at radius 3 is 2.57 bits per heavy atom. The molecule has 2 aromatic carbocycles. The average Bonchev–Trinajstić information content (AvgIpc) is 2.89. The minimum absolute atomic E-state index is 0.0214. The molecule has 1 aliphatic rings. The molecule has 3 N–H and O–H groups in total. The maximum atomic E-state index is 13.1. The number of carbonyl (C=O) groups excluding carboxylic acids is 2. The number of amides is 2. The van der Waals surface area contributed by atoms with Crippen molar-refractivity contribution in [2.75, 3.05) is 18.0 Å². The van der Waals surface area contributed by atoms with Crippen molar-refractivity contribution in [2.24, 2.45) is 0 Å². The van der Waals surface area contributed by atoms with Crippen LogP contribution in [0.3, 0.4) is 0 Å². The number of benzene rings is 2. The zero-order valence-electron chi connectivity index (χ0n) is 19.5. The van der Waals surface area contributed by atoms with Gasteiger partial charge in [0, 0.05) is 37.1 Å². The first-order valence-electron chi connectivity index (χ1n) is 11.5. The number of hydrogen-bond acceptors (Lipinski definition) is 6. The number of para-hydroxylation sites is 2. The molecule has 1 aliphatic heterocycles. The third-order valence-corrected chi connectivity index (χ3v) is 5.95. The Hall–Kier alpha value is -4.17. The van der Waals surface area contributed by atoms with E-state index in [-0.39, 0.29) is 17.8 Å². The fraction of sp³-hybridized carbons (Fsp3) is 0.222. The van der Waals surface area contributed by atoms with Gasteiger partial charge in [-0.1, -0.05) is 36.4 Å². The van der Waals surface area contributed by atoms with Gasteiger partial charge in [-0.3, -0.25) is 14.8 Å². The highest BCUT2D eigenvalue weighted by atomic mass is 16.5. The fourth-order valence-electron chi connectivity index (χ4n) is 4.07. The highest BCUT2D eigenvalue weighted by Gasteiger charge is 2.24. The molecule has 8 nitrogen and oxygen atoms in total. The number of hydrogen-bond donors (Lipinski definition) is 3. The zero-order valence-corrected chi connectivity index (χ0v) is 19.5. The maximum absolute atomic E-state index is 13.1. The highest BCUT2D eigenvalue weighted by molar-refractivity contribution is 5.96. The van der Waals surface area contributed by atoms with E-state index < -0.39 is 5.91 Å². The fourth-order valence-corrected chi connectivity index (χ4v) is 4.07. The Labute approximate surface area is 204 Å². The maximum Gasteiger partial charge on any atom is 0.267 e. The summed E-state index contributed by atoms with van der Waals surface area (Å²) in [5, 5.41) is 11.8. The van der Waals surface area contributed by atoms with E-state index in [0.29, 0.717) is 11.3 Å². The van der Waals surface area contributed by atoms with Crippen molar-refractivity contribution in [1.29, 1.82) is 0 Å². The molecule has 35 heavy (non-hydrogen) atoms. The normalized spacial score (nSPS) is 14.1. The number of hydroxylamine groups is 1. The average molecular weight is 473 g/mol. The quantitative estimate of drug-likeness (QED) is 0.272. The molecule has 1 saturated heterocycles. The van der Waals surface area contributed by atoms with Crippen molar-refractivity contribution in [2.45, 2.75) is 25.8 Å². The molecule has 0 bridgehead atoms. The van der Waals surface area contributed by atoms with Crippen molar-refractivity contribution in [3.63, 3.8) is 0 Å². The van der Waals surface area contributed by atoms with Gasteiger partial charge in [0.25, 0.3) is 11.8 Å². The summed E-state index contributed by atoms with van der Waals surface area (Å²) in [6, 6.07) is 18.8. The zero-order chi connectivity index (χ0) is 24.6. The van der Waals surface area contributed by atoms with Crippen molar-refractivity contribution in [3.05, 3.63) is 89.6 Å². The lowest BCUT2D eigenvalue weighted by molar-refractivity contribution is -0.124. The summed E-state index contributed by atoms with van der Waals surface area (Å²) >= 11 is 0. The molecule has 180 valence electrons. The van der Waals surface area contributed by atoms with E-state index in [1.165, 1.54) is 6.08 Å². The number of carbonyl (C=O) groups is 2. The number of rotatable bonds is 7. The molecule has 4 rings (SSSR count). The molecule has 0 spiro atoms. The number of pyridine rings is 1. The Morgan fingerprint density at radius 1 is 1.06 bits per heavy atom. The van der Waals surface area contributed by atoms with E-state index in [9.17, 15) is 9.59 Å². The minimum atomic E-state index is -0.581. The van der Waals surface area contributed by atoms with Crippen molar-refractivity contribution >= 4 is 23.6 Å². The number of piperidine rings is 1. The smallest absolute Gasteiger partial charge is 0.267 e. The van der Waals surface area contributed by atoms with Crippen LogP contribution in [0.2, 0.25) is 0 Å². The molecule has 3 aromatic rings. The van der Waals surface area contributed by atoms with Crippen LogP contribution in [0.15, 0.2) is 72.9 Å². The van der Waals surface area contributed by atoms with Crippen LogP contribution in [0.1, 0.15) is 34.3 Å². The van der Waals surface area contributed by atoms with E-state index >= 15 is 0 Å². The first-order chi connectivity index (χ1) is 17.0. The Bertz CT molecular complexity index is 1220. The summed E-state index contributed by atoms with van der Waals surface area (Å²) in [4.78, 5) is 31.0. The largest absolute Gasteiger partial charge is 0.438 e. The molecule has 2 heterocycles. The Kier molecular flexibility index (Phi) is 7.74. The first-order valence-corrected chi connectivity index (χ1v) is 11.5. The second-order valence-corrected chi connectivity index (χ2v) is 8.33. The SMILES string of the molecule is Cc1ccccc1Oc1ncccc1C(=O)NC1CCN(c2ccccc2/C=C/C(=O)NO)CC1. The molecule has 0 radical (unpaired) electrons.